The Kier molecular flexibility index (Phi) is 4.99. The summed E-state index contributed by atoms with van der Waals surface area (Å²) >= 11 is 0. The summed E-state index contributed by atoms with van der Waals surface area (Å²) < 4.78 is 10.1. The minimum absolute atomic E-state index is 0.0856. The van der Waals surface area contributed by atoms with Crippen LogP contribution in [0.5, 0.6) is 11.5 Å². The van der Waals surface area contributed by atoms with Crippen molar-refractivity contribution in [2.24, 2.45) is 0 Å². The quantitative estimate of drug-likeness (QED) is 0.856. The molecule has 0 fully saturated rings. The van der Waals surface area contributed by atoms with Gasteiger partial charge in [0.2, 0.25) is 0 Å². The van der Waals surface area contributed by atoms with E-state index in [4.69, 9.17) is 9.47 Å². The zero-order valence-corrected chi connectivity index (χ0v) is 11.7. The average molecular weight is 284 g/mol. The van der Waals surface area contributed by atoms with Crippen LogP contribution in [0.1, 0.15) is 15.9 Å². The maximum atomic E-state index is 11.9. The van der Waals surface area contributed by atoms with Gasteiger partial charge < -0.3 is 14.6 Å². The van der Waals surface area contributed by atoms with E-state index in [1.807, 2.05) is 36.4 Å². The van der Waals surface area contributed by atoms with Crippen molar-refractivity contribution in [3.63, 3.8) is 0 Å². The highest BCUT2D eigenvalue weighted by atomic mass is 16.5. The highest BCUT2D eigenvalue weighted by molar-refractivity contribution is 5.92. The molecular weight excluding hydrogens is 268 g/mol. The molecule has 2 rings (SSSR count). The first-order valence-corrected chi connectivity index (χ1v) is 6.46. The van der Waals surface area contributed by atoms with Crippen molar-refractivity contribution < 1.29 is 19.4 Å². The molecule has 0 unspecified atom stereocenters. The normalized spacial score (nSPS) is 10.5. The molecule has 0 aliphatic rings. The number of ether oxygens (including phenoxy) is 2. The fourth-order valence-corrected chi connectivity index (χ4v) is 1.76. The van der Waals surface area contributed by atoms with Crippen molar-refractivity contribution >= 4 is 12.0 Å². The number of carbonyl (C=O) groups is 1. The number of hydrogen-bond acceptors (Lipinski definition) is 4. The maximum absolute atomic E-state index is 11.9. The van der Waals surface area contributed by atoms with Crippen LogP contribution in [-0.4, -0.2) is 24.8 Å². The summed E-state index contributed by atoms with van der Waals surface area (Å²) in [5.41, 5.74) is 1.11. The van der Waals surface area contributed by atoms with E-state index in [0.717, 1.165) is 5.56 Å². The highest BCUT2D eigenvalue weighted by Crippen LogP contribution is 2.23. The molecule has 0 bridgehead atoms. The molecule has 0 aliphatic heterocycles. The molecule has 0 heterocycles. The molecule has 0 saturated heterocycles. The van der Waals surface area contributed by atoms with Gasteiger partial charge in [-0.3, -0.25) is 0 Å². The Balaban J connectivity index is 1.94. The van der Waals surface area contributed by atoms with Crippen LogP contribution < -0.4 is 4.74 Å². The molecule has 0 atom stereocenters. The standard InChI is InChI=1S/C17H16O4/c1-20-14-9-10-16(18)15(12-14)17(19)21-11-5-8-13-6-3-2-4-7-13/h2-10,12,18H,11H2,1H3/b8-5+. The highest BCUT2D eigenvalue weighted by Gasteiger charge is 2.13. The second-order valence-electron chi connectivity index (χ2n) is 4.29. The molecule has 0 radical (unpaired) electrons. The number of phenolic OH excluding ortho intramolecular Hbond substituents is 1. The topological polar surface area (TPSA) is 55.8 Å². The zero-order valence-electron chi connectivity index (χ0n) is 11.7. The molecule has 2 aromatic carbocycles. The van der Waals surface area contributed by atoms with E-state index >= 15 is 0 Å². The Labute approximate surface area is 123 Å². The summed E-state index contributed by atoms with van der Waals surface area (Å²) in [5.74, 6) is -0.239. The van der Waals surface area contributed by atoms with E-state index in [1.54, 1.807) is 12.1 Å². The molecule has 1 N–H and O–H groups in total. The lowest BCUT2D eigenvalue weighted by molar-refractivity contribution is 0.0546. The summed E-state index contributed by atoms with van der Waals surface area (Å²) in [6.07, 6.45) is 3.60. The minimum Gasteiger partial charge on any atom is -0.507 e. The number of phenols is 1. The van der Waals surface area contributed by atoms with E-state index < -0.39 is 5.97 Å². The molecule has 0 aromatic heterocycles. The van der Waals surface area contributed by atoms with Gasteiger partial charge in [0.25, 0.3) is 0 Å². The number of hydrogen-bond donors (Lipinski definition) is 1. The molecule has 108 valence electrons. The number of methoxy groups -OCH3 is 1. The molecule has 4 heteroatoms. The molecule has 21 heavy (non-hydrogen) atoms. The van der Waals surface area contributed by atoms with Crippen molar-refractivity contribution in [1.29, 1.82) is 0 Å². The molecule has 0 aliphatic carbocycles. The molecule has 0 saturated carbocycles. The lowest BCUT2D eigenvalue weighted by atomic mass is 10.2. The number of rotatable bonds is 5. The third-order valence-corrected chi connectivity index (χ3v) is 2.84. The number of aromatic hydroxyl groups is 1. The smallest absolute Gasteiger partial charge is 0.342 e. The Hall–Kier alpha value is -2.75. The first kappa shape index (κ1) is 14.7. The third kappa shape index (κ3) is 4.11. The molecule has 0 spiro atoms. The van der Waals surface area contributed by atoms with Crippen molar-refractivity contribution in [2.75, 3.05) is 13.7 Å². The first-order valence-electron chi connectivity index (χ1n) is 6.46. The van der Waals surface area contributed by atoms with Crippen molar-refractivity contribution in [3.05, 3.63) is 65.7 Å². The average Bonchev–Trinajstić information content (AvgIpc) is 2.53. The number of benzene rings is 2. The predicted octanol–water partition coefficient (Wildman–Crippen LogP) is 3.27. The molecule has 0 amide bonds. The van der Waals surface area contributed by atoms with Gasteiger partial charge in [0.05, 0.1) is 7.11 Å². The Morgan fingerprint density at radius 3 is 2.67 bits per heavy atom. The first-order chi connectivity index (χ1) is 10.2. The number of esters is 1. The van der Waals surface area contributed by atoms with Crippen LogP contribution in [0.15, 0.2) is 54.6 Å². The second kappa shape index (κ2) is 7.14. The van der Waals surface area contributed by atoms with Crippen molar-refractivity contribution in [2.45, 2.75) is 0 Å². The summed E-state index contributed by atoms with van der Waals surface area (Å²) in [5, 5.41) is 9.66. The van der Waals surface area contributed by atoms with E-state index in [-0.39, 0.29) is 17.9 Å². The van der Waals surface area contributed by atoms with Gasteiger partial charge in [-0.15, -0.1) is 0 Å². The fourth-order valence-electron chi connectivity index (χ4n) is 1.76. The van der Waals surface area contributed by atoms with E-state index in [1.165, 1.54) is 19.2 Å². The van der Waals surface area contributed by atoms with Gasteiger partial charge in [0, 0.05) is 0 Å². The Morgan fingerprint density at radius 1 is 1.19 bits per heavy atom. The summed E-state index contributed by atoms with van der Waals surface area (Å²) in [7, 11) is 1.49. The van der Waals surface area contributed by atoms with Crippen LogP contribution in [0.4, 0.5) is 0 Å². The van der Waals surface area contributed by atoms with E-state index in [2.05, 4.69) is 0 Å². The van der Waals surface area contributed by atoms with E-state index in [0.29, 0.717) is 5.75 Å². The van der Waals surface area contributed by atoms with Gasteiger partial charge in [-0.2, -0.15) is 0 Å². The van der Waals surface area contributed by atoms with Crippen LogP contribution in [0.25, 0.3) is 6.08 Å². The monoisotopic (exact) mass is 284 g/mol. The van der Waals surface area contributed by atoms with Crippen LogP contribution >= 0.6 is 0 Å². The van der Waals surface area contributed by atoms with E-state index in [9.17, 15) is 9.90 Å². The summed E-state index contributed by atoms with van der Waals surface area (Å²) in [6, 6.07) is 14.1. The van der Waals surface area contributed by atoms with Gasteiger partial charge in [-0.25, -0.2) is 4.79 Å². The summed E-state index contributed by atoms with van der Waals surface area (Å²) in [4.78, 5) is 11.9. The van der Waals surface area contributed by atoms with Crippen LogP contribution in [0, 0.1) is 0 Å². The van der Waals surface area contributed by atoms with Gasteiger partial charge in [-0.05, 0) is 29.8 Å². The fraction of sp³-hybridized carbons (Fsp3) is 0.118. The molecule has 2 aromatic rings. The zero-order chi connectivity index (χ0) is 15.1. The largest absolute Gasteiger partial charge is 0.507 e. The Bertz CT molecular complexity index is 632. The van der Waals surface area contributed by atoms with Gasteiger partial charge >= 0.3 is 5.97 Å². The van der Waals surface area contributed by atoms with Gasteiger partial charge in [0.15, 0.2) is 0 Å². The molecule has 4 nitrogen and oxygen atoms in total. The van der Waals surface area contributed by atoms with Crippen LogP contribution in [0.3, 0.4) is 0 Å². The van der Waals surface area contributed by atoms with Gasteiger partial charge in [-0.1, -0.05) is 36.4 Å². The molecular formula is C17H16O4. The second-order valence-corrected chi connectivity index (χ2v) is 4.29. The van der Waals surface area contributed by atoms with Crippen molar-refractivity contribution in [1.82, 2.24) is 0 Å². The lowest BCUT2D eigenvalue weighted by Gasteiger charge is -2.06. The SMILES string of the molecule is COc1ccc(O)c(C(=O)OC/C=C/c2ccccc2)c1. The maximum Gasteiger partial charge on any atom is 0.342 e. The number of carbonyl (C=O) groups excluding carboxylic acids is 1. The van der Waals surface area contributed by atoms with Crippen LogP contribution in [0.2, 0.25) is 0 Å². The minimum atomic E-state index is -0.593. The van der Waals surface area contributed by atoms with Gasteiger partial charge in [0.1, 0.15) is 23.7 Å². The predicted molar refractivity (Wildman–Crippen MR) is 80.4 cm³/mol. The summed E-state index contributed by atoms with van der Waals surface area (Å²) in [6.45, 7) is 0.129. The van der Waals surface area contributed by atoms with Crippen molar-refractivity contribution in [3.8, 4) is 11.5 Å². The lowest BCUT2D eigenvalue weighted by Crippen LogP contribution is -2.05. The Morgan fingerprint density at radius 2 is 1.95 bits per heavy atom. The van der Waals surface area contributed by atoms with Crippen LogP contribution in [-0.2, 0) is 4.74 Å². The third-order valence-electron chi connectivity index (χ3n) is 2.84.